The third kappa shape index (κ3) is 4.85. The molecule has 0 bridgehead atoms. The zero-order valence-electron chi connectivity index (χ0n) is 15.6. The second kappa shape index (κ2) is 9.63. The van der Waals surface area contributed by atoms with Crippen LogP contribution in [0.5, 0.6) is 0 Å². The van der Waals surface area contributed by atoms with E-state index < -0.39 is 46.4 Å². The van der Waals surface area contributed by atoms with Crippen molar-refractivity contribution < 1.29 is 32.3 Å². The van der Waals surface area contributed by atoms with E-state index in [2.05, 4.69) is 15.0 Å². The highest BCUT2D eigenvalue weighted by molar-refractivity contribution is 7.33. The summed E-state index contributed by atoms with van der Waals surface area (Å²) in [4.78, 5) is 31.4. The largest absolute Gasteiger partial charge is 0.697 e. The molecular formula is C14H18N6O8P2+2. The minimum absolute atomic E-state index is 0.00648. The standard InChI is InChI=1S/C14H16N6O8P2/c1-7-8(5-26-29(22)23)27-13(10(7)28-30(24)25-4-2-3-15)20-6-17-9-11(20)18-14(16)19-12(9)21/h6-8,10,13H,2,4-5H2,1H3,(H2-2,16,18,19,21,22,23)/p+2/t7?,8-,10?,13-/m1/s1. The second-order valence-electron chi connectivity index (χ2n) is 6.27. The first kappa shape index (κ1) is 22.3. The van der Waals surface area contributed by atoms with Gasteiger partial charge in [0.05, 0.1) is 24.9 Å². The molecule has 4 N–H and O–H groups in total. The van der Waals surface area contributed by atoms with Crippen molar-refractivity contribution in [1.82, 2.24) is 19.5 Å². The molecule has 0 saturated carbocycles. The number of nitrogens with one attached hydrogen (secondary N) is 1. The summed E-state index contributed by atoms with van der Waals surface area (Å²) in [6.07, 6.45) is -1.25. The van der Waals surface area contributed by atoms with Gasteiger partial charge < -0.3 is 10.5 Å². The van der Waals surface area contributed by atoms with Crippen LogP contribution in [0.2, 0.25) is 0 Å². The Kier molecular flexibility index (Phi) is 7.17. The van der Waals surface area contributed by atoms with Gasteiger partial charge in [0.1, 0.15) is 13.2 Å². The first-order valence-electron chi connectivity index (χ1n) is 8.62. The van der Waals surface area contributed by atoms with Crippen molar-refractivity contribution in [2.24, 2.45) is 5.92 Å². The number of hydrogen-bond acceptors (Lipinski definition) is 11. The molecule has 0 aliphatic carbocycles. The molecule has 3 rings (SSSR count). The highest BCUT2D eigenvalue weighted by Gasteiger charge is 2.50. The molecule has 2 aromatic heterocycles. The van der Waals surface area contributed by atoms with Crippen LogP contribution >= 0.6 is 16.5 Å². The number of fused-ring (bicyclic) bond motifs is 1. The lowest BCUT2D eigenvalue weighted by Crippen LogP contribution is -2.27. The summed E-state index contributed by atoms with van der Waals surface area (Å²) >= 11 is 0. The van der Waals surface area contributed by atoms with Gasteiger partial charge in [0.15, 0.2) is 23.5 Å². The number of ether oxygens (including phenoxy) is 1. The number of aromatic amines is 1. The van der Waals surface area contributed by atoms with Crippen LogP contribution in [0, 0.1) is 17.2 Å². The first-order chi connectivity index (χ1) is 14.3. The van der Waals surface area contributed by atoms with Crippen LogP contribution < -0.4 is 11.3 Å². The predicted octanol–water partition coefficient (Wildman–Crippen LogP) is 0.874. The van der Waals surface area contributed by atoms with Crippen molar-refractivity contribution in [2.75, 3.05) is 18.9 Å². The van der Waals surface area contributed by atoms with Crippen molar-refractivity contribution in [3.63, 3.8) is 0 Å². The lowest BCUT2D eigenvalue weighted by atomic mass is 10.0. The van der Waals surface area contributed by atoms with Gasteiger partial charge in [-0.1, -0.05) is 6.92 Å². The van der Waals surface area contributed by atoms with Crippen molar-refractivity contribution >= 4 is 33.6 Å². The van der Waals surface area contributed by atoms with Gasteiger partial charge in [-0.25, -0.2) is 4.98 Å². The van der Waals surface area contributed by atoms with Crippen LogP contribution in [-0.2, 0) is 27.4 Å². The van der Waals surface area contributed by atoms with Crippen LogP contribution in [0.4, 0.5) is 5.95 Å². The van der Waals surface area contributed by atoms with E-state index in [0.29, 0.717) is 0 Å². The van der Waals surface area contributed by atoms with Crippen molar-refractivity contribution in [3.8, 4) is 6.07 Å². The molecule has 3 heterocycles. The average molecular weight is 460 g/mol. The van der Waals surface area contributed by atoms with E-state index in [1.165, 1.54) is 10.9 Å². The summed E-state index contributed by atoms with van der Waals surface area (Å²) in [5.74, 6) is -0.610. The van der Waals surface area contributed by atoms with Gasteiger partial charge in [-0.2, -0.15) is 10.2 Å². The topological polar surface area (TPSA) is 205 Å². The quantitative estimate of drug-likeness (QED) is 0.352. The van der Waals surface area contributed by atoms with Crippen LogP contribution in [0.1, 0.15) is 19.6 Å². The molecule has 160 valence electrons. The van der Waals surface area contributed by atoms with Crippen LogP contribution in [0.15, 0.2) is 11.1 Å². The Morgan fingerprint density at radius 2 is 2.23 bits per heavy atom. The maximum atomic E-state index is 12.2. The Balaban J connectivity index is 1.90. The minimum atomic E-state index is -2.85. The maximum absolute atomic E-state index is 12.2. The molecular weight excluding hydrogens is 442 g/mol. The van der Waals surface area contributed by atoms with Crippen LogP contribution in [0.25, 0.3) is 11.2 Å². The smallest absolute Gasteiger partial charge is 0.369 e. The number of aromatic nitrogens is 4. The number of anilines is 1. The van der Waals surface area contributed by atoms with Crippen LogP contribution in [0.3, 0.4) is 0 Å². The van der Waals surface area contributed by atoms with Gasteiger partial charge in [0.2, 0.25) is 5.95 Å². The van der Waals surface area contributed by atoms with Gasteiger partial charge in [0.25, 0.3) is 5.56 Å². The number of imidazole rings is 1. The van der Waals surface area contributed by atoms with E-state index in [1.54, 1.807) is 6.92 Å². The summed E-state index contributed by atoms with van der Waals surface area (Å²) in [5.41, 5.74) is 5.18. The lowest BCUT2D eigenvalue weighted by molar-refractivity contribution is -0.0424. The molecule has 1 aliphatic rings. The highest BCUT2D eigenvalue weighted by atomic mass is 31.1. The average Bonchev–Trinajstić information content (AvgIpc) is 3.22. The number of rotatable bonds is 9. The normalized spacial score (nSPS) is 24.7. The van der Waals surface area contributed by atoms with Gasteiger partial charge in [-0.05, 0) is 0 Å². The molecule has 1 fully saturated rings. The fraction of sp³-hybridized carbons (Fsp3) is 0.571. The van der Waals surface area contributed by atoms with Crippen molar-refractivity contribution in [1.29, 1.82) is 5.26 Å². The van der Waals surface area contributed by atoms with E-state index in [-0.39, 0.29) is 36.7 Å². The Hall–Kier alpha value is -2.36. The maximum Gasteiger partial charge on any atom is 0.697 e. The summed E-state index contributed by atoms with van der Waals surface area (Å²) in [5, 5.41) is 8.56. The fourth-order valence-electron chi connectivity index (χ4n) is 2.98. The predicted molar refractivity (Wildman–Crippen MR) is 100 cm³/mol. The first-order valence-corrected chi connectivity index (χ1v) is 10.8. The van der Waals surface area contributed by atoms with E-state index in [0.717, 1.165) is 0 Å². The Labute approximate surface area is 170 Å². The molecule has 0 spiro atoms. The van der Waals surface area contributed by atoms with E-state index in [1.807, 2.05) is 6.07 Å². The monoisotopic (exact) mass is 460 g/mol. The summed E-state index contributed by atoms with van der Waals surface area (Å²) in [6.45, 7) is 1.38. The molecule has 0 radical (unpaired) electrons. The third-order valence-electron chi connectivity index (χ3n) is 4.39. The molecule has 0 aromatic carbocycles. The molecule has 1 aliphatic heterocycles. The number of nitriles is 1. The Morgan fingerprint density at radius 3 is 2.93 bits per heavy atom. The Bertz CT molecular complexity index is 1050. The molecule has 4 unspecified atom stereocenters. The fourth-order valence-corrected chi connectivity index (χ4v) is 4.05. The summed E-state index contributed by atoms with van der Waals surface area (Å²) in [6, 6.07) is 1.85. The highest BCUT2D eigenvalue weighted by Crippen LogP contribution is 2.43. The van der Waals surface area contributed by atoms with Gasteiger partial charge in [-0.15, -0.1) is 18.5 Å². The summed E-state index contributed by atoms with van der Waals surface area (Å²) < 4.78 is 45.6. The SMILES string of the molecule is CC1C(O[P+](=O)OCCC#N)[C@H](n2cnc3c(=O)[nH]c(N)nc32)O[C@@H]1CO[P+](=O)O. The lowest BCUT2D eigenvalue weighted by Gasteiger charge is -2.17. The number of hydrogen-bond donors (Lipinski definition) is 3. The van der Waals surface area contributed by atoms with Gasteiger partial charge in [-0.3, -0.25) is 14.3 Å². The molecule has 2 aromatic rings. The molecule has 14 nitrogen and oxygen atoms in total. The van der Waals surface area contributed by atoms with E-state index in [9.17, 15) is 13.9 Å². The molecule has 0 amide bonds. The van der Waals surface area contributed by atoms with Gasteiger partial charge in [0, 0.05) is 15.0 Å². The number of H-pyrrole nitrogens is 1. The second-order valence-corrected chi connectivity index (χ2v) is 7.92. The van der Waals surface area contributed by atoms with E-state index >= 15 is 0 Å². The third-order valence-corrected chi connectivity index (χ3v) is 5.57. The Morgan fingerprint density at radius 1 is 1.47 bits per heavy atom. The zero-order chi connectivity index (χ0) is 21.8. The molecule has 16 heteroatoms. The number of nitrogens with two attached hydrogens (primary N) is 1. The van der Waals surface area contributed by atoms with Crippen molar-refractivity contribution in [3.05, 3.63) is 16.7 Å². The number of nitrogens with zero attached hydrogens (tertiary/aromatic N) is 4. The van der Waals surface area contributed by atoms with Crippen molar-refractivity contribution in [2.45, 2.75) is 31.8 Å². The molecule has 1 saturated heterocycles. The van der Waals surface area contributed by atoms with E-state index in [4.69, 9.17) is 34.2 Å². The minimum Gasteiger partial charge on any atom is -0.369 e. The number of nitrogen functional groups attached to an aromatic ring is 1. The van der Waals surface area contributed by atoms with Crippen LogP contribution in [-0.4, -0.2) is 49.8 Å². The molecule has 6 atom stereocenters. The summed E-state index contributed by atoms with van der Waals surface area (Å²) in [7, 11) is -5.45. The van der Waals surface area contributed by atoms with Gasteiger partial charge >= 0.3 is 16.5 Å². The zero-order valence-corrected chi connectivity index (χ0v) is 17.4. The molecule has 30 heavy (non-hydrogen) atoms.